The minimum Gasteiger partial charge on any atom is -0.493 e. The number of ether oxygens (including phenoxy) is 3. The van der Waals surface area contributed by atoms with Crippen molar-refractivity contribution in [3.63, 3.8) is 0 Å². The van der Waals surface area contributed by atoms with Crippen LogP contribution in [0.15, 0.2) is 42.5 Å². The fourth-order valence-electron chi connectivity index (χ4n) is 3.05. The summed E-state index contributed by atoms with van der Waals surface area (Å²) < 4.78 is 16.2. The Hall–Kier alpha value is -2.69. The normalized spacial score (nSPS) is 15.7. The van der Waals surface area contributed by atoms with Crippen molar-refractivity contribution in [3.8, 4) is 17.2 Å². The maximum absolute atomic E-state index is 12.4. The Morgan fingerprint density at radius 3 is 2.76 bits per heavy atom. The largest absolute Gasteiger partial charge is 0.493 e. The molecular weight excluding hydrogens is 318 g/mol. The lowest BCUT2D eigenvalue weighted by Crippen LogP contribution is -2.32. The SMILES string of the molecule is COc1ccc(CCC(=O)N[C@H]2CCOc3ccccc32)cc1OC. The number of nitrogens with one attached hydrogen (secondary N) is 1. The summed E-state index contributed by atoms with van der Waals surface area (Å²) in [5.74, 6) is 2.27. The number of amides is 1. The molecule has 0 unspecified atom stereocenters. The van der Waals surface area contributed by atoms with Gasteiger partial charge >= 0.3 is 0 Å². The molecule has 0 fully saturated rings. The molecule has 1 N–H and O–H groups in total. The number of benzene rings is 2. The van der Waals surface area contributed by atoms with Crippen molar-refractivity contribution in [3.05, 3.63) is 53.6 Å². The van der Waals surface area contributed by atoms with Crippen LogP contribution in [0.2, 0.25) is 0 Å². The molecule has 1 atom stereocenters. The molecule has 0 bridgehead atoms. The molecule has 0 aliphatic carbocycles. The summed E-state index contributed by atoms with van der Waals surface area (Å²) in [6.07, 6.45) is 1.87. The van der Waals surface area contributed by atoms with E-state index in [1.54, 1.807) is 14.2 Å². The van der Waals surface area contributed by atoms with Gasteiger partial charge in [-0.2, -0.15) is 0 Å². The number of methoxy groups -OCH3 is 2. The molecule has 2 aromatic rings. The number of fused-ring (bicyclic) bond motifs is 1. The van der Waals surface area contributed by atoms with E-state index in [0.29, 0.717) is 30.9 Å². The highest BCUT2D eigenvalue weighted by Crippen LogP contribution is 2.32. The van der Waals surface area contributed by atoms with Gasteiger partial charge in [0.2, 0.25) is 5.91 Å². The summed E-state index contributed by atoms with van der Waals surface area (Å²) in [5.41, 5.74) is 2.09. The minimum absolute atomic E-state index is 0.0165. The Morgan fingerprint density at radius 2 is 1.96 bits per heavy atom. The highest BCUT2D eigenvalue weighted by molar-refractivity contribution is 5.77. The molecule has 25 heavy (non-hydrogen) atoms. The van der Waals surface area contributed by atoms with Crippen molar-refractivity contribution >= 4 is 5.91 Å². The molecule has 0 spiro atoms. The van der Waals surface area contributed by atoms with Crippen LogP contribution in [0.25, 0.3) is 0 Å². The van der Waals surface area contributed by atoms with E-state index in [1.165, 1.54) is 0 Å². The number of carbonyl (C=O) groups excluding carboxylic acids is 1. The Bertz CT molecular complexity index is 744. The number of rotatable bonds is 6. The second-order valence-electron chi connectivity index (χ2n) is 5.98. The first kappa shape index (κ1) is 17.1. The lowest BCUT2D eigenvalue weighted by Gasteiger charge is -2.26. The van der Waals surface area contributed by atoms with Gasteiger partial charge in [0.25, 0.3) is 0 Å². The van der Waals surface area contributed by atoms with Crippen molar-refractivity contribution in [1.29, 1.82) is 0 Å². The molecule has 0 saturated carbocycles. The van der Waals surface area contributed by atoms with Crippen LogP contribution in [-0.2, 0) is 11.2 Å². The van der Waals surface area contributed by atoms with Crippen LogP contribution in [0.5, 0.6) is 17.2 Å². The number of hydrogen-bond donors (Lipinski definition) is 1. The molecule has 1 aliphatic heterocycles. The maximum atomic E-state index is 12.4. The van der Waals surface area contributed by atoms with Crippen molar-refractivity contribution in [2.75, 3.05) is 20.8 Å². The van der Waals surface area contributed by atoms with Gasteiger partial charge < -0.3 is 19.5 Å². The highest BCUT2D eigenvalue weighted by Gasteiger charge is 2.22. The van der Waals surface area contributed by atoms with Crippen molar-refractivity contribution in [1.82, 2.24) is 5.32 Å². The first-order valence-corrected chi connectivity index (χ1v) is 8.43. The third kappa shape index (κ3) is 4.05. The van der Waals surface area contributed by atoms with E-state index in [9.17, 15) is 4.79 Å². The van der Waals surface area contributed by atoms with Crippen molar-refractivity contribution in [2.24, 2.45) is 0 Å². The zero-order valence-corrected chi connectivity index (χ0v) is 14.6. The standard InChI is InChI=1S/C20H23NO4/c1-23-18-9-7-14(13-19(18)24-2)8-10-20(22)21-16-11-12-25-17-6-4-3-5-15(16)17/h3-7,9,13,16H,8,10-12H2,1-2H3,(H,21,22)/t16-/m0/s1. The van der Waals surface area contributed by atoms with Crippen LogP contribution in [-0.4, -0.2) is 26.7 Å². The quantitative estimate of drug-likeness (QED) is 0.876. The summed E-state index contributed by atoms with van der Waals surface area (Å²) in [4.78, 5) is 12.4. The first-order valence-electron chi connectivity index (χ1n) is 8.43. The van der Waals surface area contributed by atoms with E-state index in [1.807, 2.05) is 42.5 Å². The maximum Gasteiger partial charge on any atom is 0.220 e. The summed E-state index contributed by atoms with van der Waals surface area (Å²) in [6, 6.07) is 13.6. The molecule has 0 radical (unpaired) electrons. The van der Waals surface area contributed by atoms with Gasteiger partial charge in [-0.3, -0.25) is 4.79 Å². The summed E-state index contributed by atoms with van der Waals surface area (Å²) in [6.45, 7) is 0.623. The number of hydrogen-bond acceptors (Lipinski definition) is 4. The van der Waals surface area contributed by atoms with Gasteiger partial charge in [-0.15, -0.1) is 0 Å². The smallest absolute Gasteiger partial charge is 0.220 e. The summed E-state index contributed by atoms with van der Waals surface area (Å²) in [5, 5.41) is 3.12. The number of para-hydroxylation sites is 1. The second-order valence-corrected chi connectivity index (χ2v) is 5.98. The van der Waals surface area contributed by atoms with Crippen LogP contribution in [0.4, 0.5) is 0 Å². The van der Waals surface area contributed by atoms with E-state index < -0.39 is 0 Å². The molecule has 1 heterocycles. The number of carbonyl (C=O) groups is 1. The fraction of sp³-hybridized carbons (Fsp3) is 0.350. The third-order valence-corrected chi connectivity index (χ3v) is 4.38. The molecule has 1 amide bonds. The van der Waals surface area contributed by atoms with E-state index in [2.05, 4.69) is 5.32 Å². The zero-order valence-electron chi connectivity index (χ0n) is 14.6. The third-order valence-electron chi connectivity index (χ3n) is 4.38. The van der Waals surface area contributed by atoms with E-state index in [-0.39, 0.29) is 11.9 Å². The first-order chi connectivity index (χ1) is 12.2. The fourth-order valence-corrected chi connectivity index (χ4v) is 3.05. The Kier molecular flexibility index (Phi) is 5.43. The average molecular weight is 341 g/mol. The lowest BCUT2D eigenvalue weighted by molar-refractivity contribution is -0.122. The van der Waals surface area contributed by atoms with Gasteiger partial charge in [0.1, 0.15) is 5.75 Å². The Balaban J connectivity index is 1.59. The molecule has 3 rings (SSSR count). The van der Waals surface area contributed by atoms with Gasteiger partial charge in [-0.1, -0.05) is 24.3 Å². The molecule has 2 aromatic carbocycles. The van der Waals surface area contributed by atoms with Gasteiger partial charge in [0.05, 0.1) is 26.9 Å². The highest BCUT2D eigenvalue weighted by atomic mass is 16.5. The van der Waals surface area contributed by atoms with Crippen LogP contribution >= 0.6 is 0 Å². The predicted molar refractivity (Wildman–Crippen MR) is 95.3 cm³/mol. The molecule has 1 aliphatic rings. The van der Waals surface area contributed by atoms with E-state index in [0.717, 1.165) is 23.3 Å². The molecular formula is C20H23NO4. The van der Waals surface area contributed by atoms with E-state index in [4.69, 9.17) is 14.2 Å². The monoisotopic (exact) mass is 341 g/mol. The number of aryl methyl sites for hydroxylation is 1. The van der Waals surface area contributed by atoms with Crippen LogP contribution < -0.4 is 19.5 Å². The molecule has 5 heteroatoms. The topological polar surface area (TPSA) is 56.8 Å². The van der Waals surface area contributed by atoms with Crippen molar-refractivity contribution in [2.45, 2.75) is 25.3 Å². The van der Waals surface area contributed by atoms with Gasteiger partial charge in [0, 0.05) is 18.4 Å². The van der Waals surface area contributed by atoms with E-state index >= 15 is 0 Å². The lowest BCUT2D eigenvalue weighted by atomic mass is 10.00. The minimum atomic E-state index is 0.0165. The second kappa shape index (κ2) is 7.92. The molecule has 0 aromatic heterocycles. The molecule has 0 saturated heterocycles. The van der Waals surface area contributed by atoms with Crippen LogP contribution in [0, 0.1) is 0 Å². The Morgan fingerprint density at radius 1 is 1.16 bits per heavy atom. The molecule has 132 valence electrons. The van der Waals surface area contributed by atoms with Crippen LogP contribution in [0.1, 0.15) is 30.0 Å². The summed E-state index contributed by atoms with van der Waals surface area (Å²) in [7, 11) is 3.22. The van der Waals surface area contributed by atoms with Crippen LogP contribution in [0.3, 0.4) is 0 Å². The average Bonchev–Trinajstić information content (AvgIpc) is 2.66. The van der Waals surface area contributed by atoms with Crippen molar-refractivity contribution < 1.29 is 19.0 Å². The Labute approximate surface area is 147 Å². The van der Waals surface area contributed by atoms with Gasteiger partial charge in [-0.05, 0) is 30.2 Å². The molecule has 5 nitrogen and oxygen atoms in total. The van der Waals surface area contributed by atoms with Gasteiger partial charge in [-0.25, -0.2) is 0 Å². The summed E-state index contributed by atoms with van der Waals surface area (Å²) >= 11 is 0. The van der Waals surface area contributed by atoms with Gasteiger partial charge in [0.15, 0.2) is 11.5 Å². The zero-order chi connectivity index (χ0) is 17.6. The predicted octanol–water partition coefficient (Wildman–Crippen LogP) is 3.28.